The Kier molecular flexibility index (Phi) is 7.78. The number of nitrogens with one attached hydrogen (secondary N) is 1. The topological polar surface area (TPSA) is 115 Å². The lowest BCUT2D eigenvalue weighted by molar-refractivity contribution is -0.141. The van der Waals surface area contributed by atoms with Crippen LogP contribution in [0.15, 0.2) is 36.4 Å². The van der Waals surface area contributed by atoms with E-state index in [-0.39, 0.29) is 0 Å². The molecule has 0 spiro atoms. The number of Topliss-reactive ketones (excluding diaryl/α,β-unsaturated/α-hetero) is 1. The molecule has 11 heteroatoms. The van der Waals surface area contributed by atoms with Crippen LogP contribution in [0, 0.1) is 5.92 Å². The summed E-state index contributed by atoms with van der Waals surface area (Å²) in [4.78, 5) is 48.8. The van der Waals surface area contributed by atoms with Crippen molar-refractivity contribution in [3.8, 4) is 0 Å². The highest BCUT2D eigenvalue weighted by Crippen LogP contribution is 2.33. The molecule has 1 amide bonds. The molecule has 34 heavy (non-hydrogen) atoms. The maximum Gasteiger partial charge on any atom is 0.419 e. The Balaban J connectivity index is 1.96. The first-order valence-corrected chi connectivity index (χ1v) is 11.0. The first kappa shape index (κ1) is 25.5. The Morgan fingerprint density at radius 2 is 1.56 bits per heavy atom. The van der Waals surface area contributed by atoms with Gasteiger partial charge >= 0.3 is 12.1 Å². The Hall–Kier alpha value is -3.17. The second-order valence-corrected chi connectivity index (χ2v) is 8.84. The van der Waals surface area contributed by atoms with Gasteiger partial charge in [-0.1, -0.05) is 37.0 Å². The molecule has 0 radical (unpaired) electrons. The van der Waals surface area contributed by atoms with Crippen LogP contribution in [-0.2, 0) is 19.1 Å². The van der Waals surface area contributed by atoms with Gasteiger partial charge in [0.1, 0.15) is 12.7 Å². The summed E-state index contributed by atoms with van der Waals surface area (Å²) in [6.07, 6.45) is -3.07. The first-order chi connectivity index (χ1) is 16.0. The van der Waals surface area contributed by atoms with E-state index in [2.05, 4.69) is 5.32 Å². The van der Waals surface area contributed by atoms with Crippen molar-refractivity contribution in [2.75, 3.05) is 6.67 Å². The zero-order valence-corrected chi connectivity index (χ0v) is 19.7. The van der Waals surface area contributed by atoms with Crippen LogP contribution in [-0.4, -0.2) is 52.2 Å². The number of hydrogen-bond donors (Lipinski definition) is 2. The highest BCUT2D eigenvalue weighted by molar-refractivity contribution is 6.33. The third-order valence-corrected chi connectivity index (χ3v) is 5.65. The molecule has 180 valence electrons. The van der Waals surface area contributed by atoms with Crippen molar-refractivity contribution >= 4 is 68.8 Å². The van der Waals surface area contributed by atoms with Crippen molar-refractivity contribution in [2.24, 2.45) is 5.92 Å². The zero-order valence-electron chi connectivity index (χ0n) is 18.2. The largest absolute Gasteiger partial charge is 0.481 e. The number of aromatic nitrogens is 1. The first-order valence-electron chi connectivity index (χ1n) is 10.2. The summed E-state index contributed by atoms with van der Waals surface area (Å²) in [5, 5.41) is 13.3. The second-order valence-electron chi connectivity index (χ2n) is 7.97. The van der Waals surface area contributed by atoms with E-state index in [0.717, 1.165) is 0 Å². The number of carboxylic acid groups (broad SMARTS) is 1. The van der Waals surface area contributed by atoms with E-state index in [1.165, 1.54) is 4.57 Å². The van der Waals surface area contributed by atoms with E-state index in [1.54, 1.807) is 50.2 Å². The summed E-state index contributed by atoms with van der Waals surface area (Å²) < 4.78 is 19.6. The van der Waals surface area contributed by atoms with Gasteiger partial charge in [-0.2, -0.15) is 0 Å². The molecule has 0 bridgehead atoms. The third-order valence-electron chi connectivity index (χ3n) is 5.18. The van der Waals surface area contributed by atoms with Crippen molar-refractivity contribution in [1.29, 1.82) is 0 Å². The van der Waals surface area contributed by atoms with Crippen LogP contribution in [0.5, 0.6) is 0 Å². The summed E-state index contributed by atoms with van der Waals surface area (Å²) in [6, 6.07) is 8.20. The number of carbonyl (C=O) groups is 4. The highest BCUT2D eigenvalue weighted by Gasteiger charge is 2.32. The normalized spacial score (nSPS) is 13.1. The lowest BCUT2D eigenvalue weighted by Gasteiger charge is -2.23. The molecule has 1 heterocycles. The van der Waals surface area contributed by atoms with Crippen molar-refractivity contribution in [1.82, 2.24) is 9.88 Å². The number of carboxylic acids is 1. The average Bonchev–Trinajstić information content (AvgIpc) is 3.08. The minimum Gasteiger partial charge on any atom is -0.481 e. The molecule has 8 nitrogen and oxygen atoms in total. The average molecular weight is 511 g/mol. The van der Waals surface area contributed by atoms with Gasteiger partial charge in [-0.15, -0.1) is 0 Å². The highest BCUT2D eigenvalue weighted by atomic mass is 35.5. The van der Waals surface area contributed by atoms with E-state index in [0.29, 0.717) is 31.9 Å². The van der Waals surface area contributed by atoms with Crippen LogP contribution in [0.4, 0.5) is 9.18 Å². The molecule has 0 fully saturated rings. The summed E-state index contributed by atoms with van der Waals surface area (Å²) in [5.41, 5.74) is 0.928. The SMILES string of the molecule is CC(C)[C@H](OC(=O)n1c2ccc(Cl)cc2c2cc(Cl)ccc21)C(=O)NC(CC(=O)O)C(=O)CF. The van der Waals surface area contributed by atoms with Gasteiger partial charge in [0.2, 0.25) is 0 Å². The van der Waals surface area contributed by atoms with Crippen molar-refractivity contribution in [3.05, 3.63) is 46.4 Å². The number of halogens is 3. The number of fused-ring (bicyclic) bond motifs is 3. The predicted molar refractivity (Wildman–Crippen MR) is 125 cm³/mol. The molecule has 0 aliphatic rings. The van der Waals surface area contributed by atoms with E-state index in [9.17, 15) is 23.6 Å². The smallest absolute Gasteiger partial charge is 0.419 e. The Morgan fingerprint density at radius 1 is 1.03 bits per heavy atom. The number of aliphatic carboxylic acids is 1. The predicted octanol–water partition coefficient (Wildman–Crippen LogP) is 4.61. The molecular weight excluding hydrogens is 490 g/mol. The number of ether oxygens (including phenoxy) is 1. The monoisotopic (exact) mass is 510 g/mol. The molecule has 1 aromatic heterocycles. The zero-order chi connectivity index (χ0) is 25.2. The van der Waals surface area contributed by atoms with Gasteiger partial charge in [0.15, 0.2) is 11.9 Å². The molecule has 2 aromatic carbocycles. The van der Waals surface area contributed by atoms with Crippen LogP contribution in [0.2, 0.25) is 10.0 Å². The van der Waals surface area contributed by atoms with Crippen LogP contribution in [0.1, 0.15) is 20.3 Å². The summed E-state index contributed by atoms with van der Waals surface area (Å²) >= 11 is 12.3. The molecule has 1 unspecified atom stereocenters. The Bertz CT molecular complexity index is 1230. The minimum absolute atomic E-state index is 0.446. The van der Waals surface area contributed by atoms with Gasteiger partial charge in [0.25, 0.3) is 5.91 Å². The lowest BCUT2D eigenvalue weighted by Crippen LogP contribution is -2.49. The second kappa shape index (κ2) is 10.4. The van der Waals surface area contributed by atoms with Crippen molar-refractivity contribution < 1.29 is 33.4 Å². The molecule has 2 N–H and O–H groups in total. The van der Waals surface area contributed by atoms with Crippen molar-refractivity contribution in [3.63, 3.8) is 0 Å². The molecule has 0 saturated heterocycles. The molecule has 0 aliphatic carbocycles. The molecule has 3 rings (SSSR count). The van der Waals surface area contributed by atoms with Gasteiger partial charge in [-0.05, 0) is 42.3 Å². The number of amides is 1. The Labute approximate surface area is 203 Å². The molecule has 2 atom stereocenters. The summed E-state index contributed by atoms with van der Waals surface area (Å²) in [5.74, 6) is -3.95. The summed E-state index contributed by atoms with van der Waals surface area (Å²) in [7, 11) is 0. The molecule has 0 saturated carbocycles. The van der Waals surface area contributed by atoms with Crippen LogP contribution >= 0.6 is 23.2 Å². The van der Waals surface area contributed by atoms with Gasteiger partial charge in [-0.3, -0.25) is 14.4 Å². The van der Waals surface area contributed by atoms with Crippen LogP contribution < -0.4 is 5.32 Å². The fourth-order valence-electron chi connectivity index (χ4n) is 3.59. The van der Waals surface area contributed by atoms with Crippen LogP contribution in [0.3, 0.4) is 0 Å². The molecule has 3 aromatic rings. The number of carbonyl (C=O) groups excluding carboxylic acids is 3. The number of nitrogens with zero attached hydrogens (tertiary/aromatic N) is 1. The van der Waals surface area contributed by atoms with E-state index in [1.807, 2.05) is 0 Å². The number of alkyl halides is 1. The van der Waals surface area contributed by atoms with E-state index >= 15 is 0 Å². The van der Waals surface area contributed by atoms with Gasteiger partial charge in [0, 0.05) is 20.8 Å². The number of hydrogen-bond acceptors (Lipinski definition) is 5. The maximum atomic E-state index is 13.3. The van der Waals surface area contributed by atoms with E-state index < -0.39 is 54.9 Å². The number of rotatable bonds is 8. The molecule has 0 aliphatic heterocycles. The van der Waals surface area contributed by atoms with Gasteiger partial charge in [-0.25, -0.2) is 13.8 Å². The maximum absolute atomic E-state index is 13.3. The third kappa shape index (κ3) is 5.31. The fraction of sp³-hybridized carbons (Fsp3) is 0.304. The van der Waals surface area contributed by atoms with Gasteiger partial charge in [0.05, 0.1) is 17.5 Å². The minimum atomic E-state index is -1.59. The number of ketones is 1. The van der Waals surface area contributed by atoms with Crippen molar-refractivity contribution in [2.45, 2.75) is 32.4 Å². The molecular formula is C23H21Cl2FN2O6. The van der Waals surface area contributed by atoms with E-state index in [4.69, 9.17) is 33.0 Å². The summed E-state index contributed by atoms with van der Waals surface area (Å²) in [6.45, 7) is 1.76. The standard InChI is InChI=1S/C23H21Cl2FN2O6/c1-11(2)21(22(32)27-16(9-20(30)31)19(29)10-26)34-23(33)28-17-5-3-12(24)7-14(17)15-8-13(25)4-6-18(15)28/h3-8,11,16,21H,9-10H2,1-2H3,(H,27,32)(H,30,31)/t16?,21-/m0/s1. The fourth-order valence-corrected chi connectivity index (χ4v) is 3.93. The number of benzene rings is 2. The van der Waals surface area contributed by atoms with Gasteiger partial charge < -0.3 is 15.2 Å². The lowest BCUT2D eigenvalue weighted by atomic mass is 10.0. The Morgan fingerprint density at radius 3 is 2.00 bits per heavy atom. The van der Waals surface area contributed by atoms with Crippen LogP contribution in [0.25, 0.3) is 21.8 Å². The quantitative estimate of drug-likeness (QED) is 0.457.